The summed E-state index contributed by atoms with van der Waals surface area (Å²) in [6.07, 6.45) is 3.65. The minimum absolute atomic E-state index is 0.00411. The van der Waals surface area contributed by atoms with E-state index in [-0.39, 0.29) is 17.6 Å². The fourth-order valence-electron chi connectivity index (χ4n) is 1.35. The molecule has 1 unspecified atom stereocenters. The number of amides is 1. The zero-order valence-corrected chi connectivity index (χ0v) is 10.7. The van der Waals surface area contributed by atoms with Crippen molar-refractivity contribution in [3.05, 3.63) is 46.0 Å². The molecule has 0 spiro atoms. The van der Waals surface area contributed by atoms with Crippen LogP contribution in [0.3, 0.4) is 0 Å². The molecule has 0 saturated carbocycles. The Morgan fingerprint density at radius 2 is 2.32 bits per heavy atom. The van der Waals surface area contributed by atoms with Crippen molar-refractivity contribution in [3.63, 3.8) is 0 Å². The van der Waals surface area contributed by atoms with Gasteiger partial charge in [0, 0.05) is 30.8 Å². The van der Waals surface area contributed by atoms with Crippen LogP contribution in [0.25, 0.3) is 6.08 Å². The van der Waals surface area contributed by atoms with Crippen molar-refractivity contribution < 1.29 is 9.72 Å². The van der Waals surface area contributed by atoms with Crippen molar-refractivity contribution in [2.45, 2.75) is 19.4 Å². The zero-order chi connectivity index (χ0) is 14.3. The van der Waals surface area contributed by atoms with E-state index < -0.39 is 4.92 Å². The first-order valence-electron chi connectivity index (χ1n) is 5.99. The number of nitrogens with zero attached hydrogens (tertiary/aromatic N) is 1. The summed E-state index contributed by atoms with van der Waals surface area (Å²) in [6.45, 7) is 2.35. The van der Waals surface area contributed by atoms with Crippen LogP contribution in [0.2, 0.25) is 0 Å². The lowest BCUT2D eigenvalue weighted by Gasteiger charge is -2.08. The largest absolute Gasteiger partial charge is 0.351 e. The maximum Gasteiger partial charge on any atom is 0.270 e. The zero-order valence-electron chi connectivity index (χ0n) is 10.7. The number of benzene rings is 1. The molecule has 0 fully saturated rings. The third-order valence-corrected chi connectivity index (χ3v) is 2.57. The van der Waals surface area contributed by atoms with Crippen LogP contribution < -0.4 is 11.1 Å². The van der Waals surface area contributed by atoms with E-state index in [1.165, 1.54) is 24.3 Å². The highest BCUT2D eigenvalue weighted by Gasteiger charge is 2.04. The first-order chi connectivity index (χ1) is 9.02. The van der Waals surface area contributed by atoms with Crippen LogP contribution in [0.4, 0.5) is 5.69 Å². The third kappa shape index (κ3) is 5.31. The Morgan fingerprint density at radius 3 is 2.95 bits per heavy atom. The van der Waals surface area contributed by atoms with Gasteiger partial charge in [-0.2, -0.15) is 0 Å². The van der Waals surface area contributed by atoms with E-state index in [0.29, 0.717) is 12.1 Å². The number of hydrogen-bond acceptors (Lipinski definition) is 4. The molecular weight excluding hydrogens is 246 g/mol. The van der Waals surface area contributed by atoms with E-state index in [1.54, 1.807) is 12.1 Å². The molecule has 1 rings (SSSR count). The first-order valence-corrected chi connectivity index (χ1v) is 5.99. The van der Waals surface area contributed by atoms with Crippen molar-refractivity contribution in [2.24, 2.45) is 5.73 Å². The monoisotopic (exact) mass is 263 g/mol. The Hall–Kier alpha value is -2.21. The summed E-state index contributed by atoms with van der Waals surface area (Å²) in [7, 11) is 0. The molecule has 0 aliphatic rings. The van der Waals surface area contributed by atoms with Gasteiger partial charge in [-0.15, -0.1) is 0 Å². The number of carbonyl (C=O) groups excluding carboxylic acids is 1. The minimum atomic E-state index is -0.475. The molecule has 1 atom stereocenters. The molecule has 0 saturated heterocycles. The van der Waals surface area contributed by atoms with E-state index in [2.05, 4.69) is 5.32 Å². The normalized spacial score (nSPS) is 12.3. The highest BCUT2D eigenvalue weighted by atomic mass is 16.6. The summed E-state index contributed by atoms with van der Waals surface area (Å²) in [5.41, 5.74) is 6.26. The molecule has 0 aliphatic heterocycles. The Labute approximate surface area is 111 Å². The number of hydrogen-bond donors (Lipinski definition) is 2. The van der Waals surface area contributed by atoms with Gasteiger partial charge >= 0.3 is 0 Å². The van der Waals surface area contributed by atoms with Crippen LogP contribution >= 0.6 is 0 Å². The number of rotatable bonds is 6. The summed E-state index contributed by atoms with van der Waals surface area (Å²) in [4.78, 5) is 21.6. The topological polar surface area (TPSA) is 98.3 Å². The first kappa shape index (κ1) is 14.8. The molecule has 1 aromatic carbocycles. The van der Waals surface area contributed by atoms with E-state index >= 15 is 0 Å². The quantitative estimate of drug-likeness (QED) is 0.461. The maximum absolute atomic E-state index is 11.5. The summed E-state index contributed by atoms with van der Waals surface area (Å²) in [5.74, 6) is -0.268. The summed E-state index contributed by atoms with van der Waals surface area (Å²) in [5, 5.41) is 13.2. The lowest BCUT2D eigenvalue weighted by Crippen LogP contribution is -2.35. The van der Waals surface area contributed by atoms with Gasteiger partial charge in [0.05, 0.1) is 4.92 Å². The summed E-state index contributed by atoms with van der Waals surface area (Å²) >= 11 is 0. The lowest BCUT2D eigenvalue weighted by molar-refractivity contribution is -0.384. The molecule has 6 nitrogen and oxygen atoms in total. The van der Waals surface area contributed by atoms with Gasteiger partial charge in [0.1, 0.15) is 0 Å². The summed E-state index contributed by atoms with van der Waals surface area (Å²) < 4.78 is 0. The van der Waals surface area contributed by atoms with Crippen LogP contribution in [-0.4, -0.2) is 23.4 Å². The number of nitro groups is 1. The molecule has 3 N–H and O–H groups in total. The average molecular weight is 263 g/mol. The van der Waals surface area contributed by atoms with E-state index in [1.807, 2.05) is 6.92 Å². The second-order valence-electron chi connectivity index (χ2n) is 4.10. The fourth-order valence-corrected chi connectivity index (χ4v) is 1.35. The van der Waals surface area contributed by atoms with E-state index in [4.69, 9.17) is 5.73 Å². The Bertz CT molecular complexity index is 486. The predicted molar refractivity (Wildman–Crippen MR) is 73.4 cm³/mol. The minimum Gasteiger partial charge on any atom is -0.351 e. The molecule has 0 aliphatic carbocycles. The Morgan fingerprint density at radius 1 is 1.58 bits per heavy atom. The molecular formula is C13H17N3O3. The molecule has 102 valence electrons. The van der Waals surface area contributed by atoms with Gasteiger partial charge in [0.15, 0.2) is 0 Å². The van der Waals surface area contributed by atoms with E-state index in [9.17, 15) is 14.9 Å². The number of carbonyl (C=O) groups is 1. The van der Waals surface area contributed by atoms with Crippen LogP contribution in [0, 0.1) is 10.1 Å². The van der Waals surface area contributed by atoms with Gasteiger partial charge in [-0.05, 0) is 18.1 Å². The van der Waals surface area contributed by atoms with Crippen LogP contribution in [0.5, 0.6) is 0 Å². The van der Waals surface area contributed by atoms with Gasteiger partial charge in [-0.25, -0.2) is 0 Å². The Balaban J connectivity index is 2.58. The molecule has 19 heavy (non-hydrogen) atoms. The number of nitrogens with one attached hydrogen (secondary N) is 1. The van der Waals surface area contributed by atoms with Gasteiger partial charge in [0.2, 0.25) is 5.91 Å². The smallest absolute Gasteiger partial charge is 0.270 e. The molecule has 1 amide bonds. The van der Waals surface area contributed by atoms with E-state index in [0.717, 1.165) is 6.42 Å². The molecule has 0 bridgehead atoms. The second kappa shape index (κ2) is 7.27. The fraction of sp³-hybridized carbons (Fsp3) is 0.308. The van der Waals surface area contributed by atoms with Gasteiger partial charge in [-0.1, -0.05) is 19.1 Å². The number of nitrogens with two attached hydrogens (primary N) is 1. The van der Waals surface area contributed by atoms with Crippen LogP contribution in [-0.2, 0) is 4.79 Å². The second-order valence-corrected chi connectivity index (χ2v) is 4.10. The SMILES string of the molecule is CCC(N)CNC(=O)C=Cc1cccc([N+](=O)[O-])c1. The Kier molecular flexibility index (Phi) is 5.69. The number of non-ortho nitro benzene ring substituents is 1. The third-order valence-electron chi connectivity index (χ3n) is 2.57. The molecule has 0 aromatic heterocycles. The van der Waals surface area contributed by atoms with Crippen molar-refractivity contribution in [3.8, 4) is 0 Å². The van der Waals surface area contributed by atoms with Crippen molar-refractivity contribution in [1.82, 2.24) is 5.32 Å². The average Bonchev–Trinajstić information content (AvgIpc) is 2.42. The van der Waals surface area contributed by atoms with Crippen molar-refractivity contribution in [1.29, 1.82) is 0 Å². The van der Waals surface area contributed by atoms with Crippen LogP contribution in [0.15, 0.2) is 30.3 Å². The van der Waals surface area contributed by atoms with Crippen LogP contribution in [0.1, 0.15) is 18.9 Å². The molecule has 0 radical (unpaired) electrons. The maximum atomic E-state index is 11.5. The van der Waals surface area contributed by atoms with Gasteiger partial charge in [0.25, 0.3) is 5.69 Å². The van der Waals surface area contributed by atoms with Crippen molar-refractivity contribution in [2.75, 3.05) is 6.54 Å². The highest BCUT2D eigenvalue weighted by Crippen LogP contribution is 2.13. The van der Waals surface area contributed by atoms with Gasteiger partial charge in [-0.3, -0.25) is 14.9 Å². The predicted octanol–water partition coefficient (Wildman–Crippen LogP) is 1.46. The summed E-state index contributed by atoms with van der Waals surface area (Å²) in [6, 6.07) is 6.01. The standard InChI is InChI=1S/C13H17N3O3/c1-2-11(14)9-15-13(17)7-6-10-4-3-5-12(8-10)16(18)19/h3-8,11H,2,9,14H2,1H3,(H,15,17). The highest BCUT2D eigenvalue weighted by molar-refractivity contribution is 5.91. The number of nitro benzene ring substituents is 1. The molecule has 1 aromatic rings. The lowest BCUT2D eigenvalue weighted by atomic mass is 10.2. The van der Waals surface area contributed by atoms with Crippen molar-refractivity contribution >= 4 is 17.7 Å². The molecule has 6 heteroatoms. The van der Waals surface area contributed by atoms with Gasteiger partial charge < -0.3 is 11.1 Å². The molecule has 0 heterocycles.